The van der Waals surface area contributed by atoms with E-state index in [4.69, 9.17) is 4.74 Å². The molecule has 2 aromatic rings. The summed E-state index contributed by atoms with van der Waals surface area (Å²) in [6.07, 6.45) is 0.0450. The largest absolute Gasteiger partial charge is 0.416 e. The average Bonchev–Trinajstić information content (AvgIpc) is 2.90. The lowest BCUT2D eigenvalue weighted by atomic mass is 10.0. The van der Waals surface area contributed by atoms with Crippen LogP contribution < -0.4 is 5.32 Å². The lowest BCUT2D eigenvalue weighted by Gasteiger charge is -2.28. The van der Waals surface area contributed by atoms with Gasteiger partial charge in [-0.05, 0) is 74.1 Å². The monoisotopic (exact) mass is 588 g/mol. The summed E-state index contributed by atoms with van der Waals surface area (Å²) in [7, 11) is -1.58. The number of nitrogens with one attached hydrogen (secondary N) is 1. The predicted octanol–water partition coefficient (Wildman–Crippen LogP) is 10.7. The van der Waals surface area contributed by atoms with Gasteiger partial charge in [-0.1, -0.05) is 76.9 Å². The van der Waals surface area contributed by atoms with Crippen LogP contribution in [-0.2, 0) is 18.8 Å². The van der Waals surface area contributed by atoms with Crippen LogP contribution in [0, 0.1) is 0 Å². The summed E-state index contributed by atoms with van der Waals surface area (Å²) in [5.41, 5.74) is -1.45. The summed E-state index contributed by atoms with van der Waals surface area (Å²) >= 11 is 0. The standard InChI is InChI=1S/C31H43F6N2P/c1-5-8-16-40(17-9-6-2,18-10-7-3)38-23-29(26-14-12-11-13-15-26)39-24(4)19-25-20-27(30(32,33)34)22-28(21-25)31(35,36)37/h11-15,20-22,29,39H,4-10,16-19,23H2,1-3H3/t29-/m0/s1. The number of hydrogen-bond donors (Lipinski definition) is 1. The molecule has 0 bridgehead atoms. The minimum atomic E-state index is -4.89. The first kappa shape index (κ1) is 34.0. The summed E-state index contributed by atoms with van der Waals surface area (Å²) in [5.74, 6) is 0. The van der Waals surface area contributed by atoms with Crippen molar-refractivity contribution in [3.05, 3.63) is 83.1 Å². The molecule has 1 N–H and O–H groups in total. The minimum Gasteiger partial charge on any atom is -0.380 e. The second-order valence-electron chi connectivity index (χ2n) is 10.5. The molecule has 0 fully saturated rings. The third-order valence-corrected chi connectivity index (χ3v) is 11.2. The van der Waals surface area contributed by atoms with E-state index in [-0.39, 0.29) is 24.1 Å². The number of alkyl halides is 6. The van der Waals surface area contributed by atoms with Crippen molar-refractivity contribution in [2.24, 2.45) is 4.74 Å². The van der Waals surface area contributed by atoms with Crippen molar-refractivity contribution in [3.63, 3.8) is 0 Å². The van der Waals surface area contributed by atoms with Gasteiger partial charge in [0.1, 0.15) is 0 Å². The molecule has 2 aromatic carbocycles. The molecule has 0 amide bonds. The van der Waals surface area contributed by atoms with Crippen molar-refractivity contribution >= 4 is 7.05 Å². The molecule has 0 aliphatic carbocycles. The number of rotatable bonds is 16. The molecule has 9 heteroatoms. The van der Waals surface area contributed by atoms with Gasteiger partial charge in [0.05, 0.1) is 23.7 Å². The highest BCUT2D eigenvalue weighted by Crippen LogP contribution is 2.52. The van der Waals surface area contributed by atoms with Gasteiger partial charge in [0.15, 0.2) is 0 Å². The van der Waals surface area contributed by atoms with E-state index in [9.17, 15) is 26.3 Å². The Morgan fingerprint density at radius 1 is 0.800 bits per heavy atom. The highest BCUT2D eigenvalue weighted by atomic mass is 31.2. The SMILES string of the molecule is C=C(Cc1cc(C(F)(F)F)cc(C(F)(F)F)c1)N[C@@H](CN=P(CCCC)(CCCC)CCCC)c1ccccc1. The fourth-order valence-corrected chi connectivity index (χ4v) is 9.06. The molecule has 2 rings (SSSR count). The zero-order valence-electron chi connectivity index (χ0n) is 23.8. The van der Waals surface area contributed by atoms with Gasteiger partial charge in [-0.15, -0.1) is 0 Å². The Morgan fingerprint density at radius 2 is 1.27 bits per heavy atom. The van der Waals surface area contributed by atoms with Crippen LogP contribution in [0.4, 0.5) is 26.3 Å². The zero-order chi connectivity index (χ0) is 29.8. The number of allylic oxidation sites excluding steroid dienone is 1. The first-order valence-corrected chi connectivity index (χ1v) is 16.5. The summed E-state index contributed by atoms with van der Waals surface area (Å²) in [6.45, 7) is 11.0. The van der Waals surface area contributed by atoms with E-state index in [2.05, 4.69) is 32.7 Å². The number of hydrogen-bond acceptors (Lipinski definition) is 2. The second-order valence-corrected chi connectivity index (χ2v) is 14.3. The maximum Gasteiger partial charge on any atom is 0.416 e. The van der Waals surface area contributed by atoms with E-state index in [0.717, 1.165) is 74.7 Å². The Bertz CT molecular complexity index is 1050. The number of benzene rings is 2. The van der Waals surface area contributed by atoms with Crippen molar-refractivity contribution in [1.82, 2.24) is 5.32 Å². The molecule has 224 valence electrons. The Labute approximate surface area is 235 Å². The average molecular weight is 589 g/mol. The maximum atomic E-state index is 13.4. The van der Waals surface area contributed by atoms with Crippen LogP contribution in [0.1, 0.15) is 87.6 Å². The fraction of sp³-hybridized carbons (Fsp3) is 0.548. The minimum absolute atomic E-state index is 0.0981. The van der Waals surface area contributed by atoms with Crippen LogP contribution in [0.2, 0.25) is 0 Å². The third kappa shape index (κ3) is 11.0. The van der Waals surface area contributed by atoms with Gasteiger partial charge < -0.3 is 10.1 Å². The summed E-state index contributed by atoms with van der Waals surface area (Å²) < 4.78 is 85.6. The van der Waals surface area contributed by atoms with Crippen LogP contribution >= 0.6 is 7.05 Å². The van der Waals surface area contributed by atoms with Gasteiger partial charge in [-0.3, -0.25) is 0 Å². The Kier molecular flexibility index (Phi) is 13.3. The van der Waals surface area contributed by atoms with Crippen molar-refractivity contribution in [3.8, 4) is 0 Å². The zero-order valence-corrected chi connectivity index (χ0v) is 24.7. The van der Waals surface area contributed by atoms with Gasteiger partial charge in [0.25, 0.3) is 0 Å². The summed E-state index contributed by atoms with van der Waals surface area (Å²) in [5, 5.41) is 3.31. The van der Waals surface area contributed by atoms with Crippen molar-refractivity contribution in [1.29, 1.82) is 0 Å². The van der Waals surface area contributed by atoms with E-state index in [1.165, 1.54) is 0 Å². The van der Waals surface area contributed by atoms with Crippen LogP contribution in [0.15, 0.2) is 65.6 Å². The highest BCUT2D eigenvalue weighted by Gasteiger charge is 2.37. The van der Waals surface area contributed by atoms with Crippen molar-refractivity contribution < 1.29 is 26.3 Å². The molecule has 0 aromatic heterocycles. The van der Waals surface area contributed by atoms with E-state index in [1.54, 1.807) is 0 Å². The molecule has 0 saturated carbocycles. The molecule has 0 aliphatic rings. The molecule has 0 unspecified atom stereocenters. The first-order valence-electron chi connectivity index (χ1n) is 14.2. The van der Waals surface area contributed by atoms with Gasteiger partial charge in [-0.25, -0.2) is 0 Å². The predicted molar refractivity (Wildman–Crippen MR) is 155 cm³/mol. The Hall–Kier alpha value is -2.21. The quantitative estimate of drug-likeness (QED) is 0.153. The molecule has 0 radical (unpaired) electrons. The van der Waals surface area contributed by atoms with E-state index in [1.807, 2.05) is 30.3 Å². The molecule has 0 spiro atoms. The molecule has 0 heterocycles. The van der Waals surface area contributed by atoms with E-state index in [0.29, 0.717) is 12.2 Å². The van der Waals surface area contributed by atoms with Gasteiger partial charge in [0, 0.05) is 12.1 Å². The van der Waals surface area contributed by atoms with Crippen LogP contribution in [-0.4, -0.2) is 25.0 Å². The smallest absolute Gasteiger partial charge is 0.380 e. The number of unbranched alkanes of at least 4 members (excludes halogenated alkanes) is 3. The normalized spacial score (nSPS) is 13.2. The Morgan fingerprint density at radius 3 is 1.70 bits per heavy atom. The molecule has 2 nitrogen and oxygen atoms in total. The third-order valence-electron chi connectivity index (χ3n) is 6.99. The van der Waals surface area contributed by atoms with Gasteiger partial charge in [0.2, 0.25) is 0 Å². The van der Waals surface area contributed by atoms with Gasteiger partial charge >= 0.3 is 12.4 Å². The Balaban J connectivity index is 2.39. The maximum absolute atomic E-state index is 13.4. The number of nitrogens with zero attached hydrogens (tertiary/aromatic N) is 1. The topological polar surface area (TPSA) is 24.4 Å². The molecule has 0 saturated heterocycles. The molecule has 40 heavy (non-hydrogen) atoms. The summed E-state index contributed by atoms with van der Waals surface area (Å²) in [6, 6.07) is 11.0. The first-order chi connectivity index (χ1) is 18.8. The number of halogens is 6. The van der Waals surface area contributed by atoms with Crippen molar-refractivity contribution in [2.75, 3.05) is 25.0 Å². The highest BCUT2D eigenvalue weighted by molar-refractivity contribution is 7.66. The lowest BCUT2D eigenvalue weighted by Crippen LogP contribution is -2.24. The summed E-state index contributed by atoms with van der Waals surface area (Å²) in [4.78, 5) is 0. The van der Waals surface area contributed by atoms with E-state index < -0.39 is 30.5 Å². The van der Waals surface area contributed by atoms with Crippen LogP contribution in [0.5, 0.6) is 0 Å². The molecule has 1 atom stereocenters. The second kappa shape index (κ2) is 15.7. The van der Waals surface area contributed by atoms with Crippen molar-refractivity contribution in [2.45, 2.75) is 84.1 Å². The fourth-order valence-electron chi connectivity index (χ4n) is 4.74. The van der Waals surface area contributed by atoms with Gasteiger partial charge in [-0.2, -0.15) is 26.3 Å². The van der Waals surface area contributed by atoms with Crippen LogP contribution in [0.3, 0.4) is 0 Å². The lowest BCUT2D eigenvalue weighted by molar-refractivity contribution is -0.143. The molecule has 0 aliphatic heterocycles. The van der Waals surface area contributed by atoms with Crippen LogP contribution in [0.25, 0.3) is 0 Å². The molecular weight excluding hydrogens is 545 g/mol. The van der Waals surface area contributed by atoms with E-state index >= 15 is 0 Å². The molecular formula is C31H43F6N2P.